The van der Waals surface area contributed by atoms with Crippen molar-refractivity contribution >= 4 is 17.1 Å². The molecule has 104 valence electrons. The Bertz CT molecular complexity index is 779. The highest BCUT2D eigenvalue weighted by Crippen LogP contribution is 2.25. The number of carbonyl (C=O) groups is 1. The van der Waals surface area contributed by atoms with Crippen LogP contribution in [0, 0.1) is 11.6 Å². The summed E-state index contributed by atoms with van der Waals surface area (Å²) in [4.78, 5) is 16.5. The maximum Gasteiger partial charge on any atom is 0.212 e. The van der Waals surface area contributed by atoms with E-state index >= 15 is 0 Å². The highest BCUT2D eigenvalue weighted by molar-refractivity contribution is 7.13. The molecular formula is C16H9F2NOS. The Kier molecular flexibility index (Phi) is 3.58. The molecule has 0 unspecified atom stereocenters. The largest absolute Gasteiger partial charge is 0.287 e. The fourth-order valence-corrected chi connectivity index (χ4v) is 2.66. The zero-order chi connectivity index (χ0) is 14.8. The summed E-state index contributed by atoms with van der Waals surface area (Å²) in [5.41, 5.74) is 1.43. The molecule has 3 rings (SSSR count). The maximum absolute atomic E-state index is 12.9. The highest BCUT2D eigenvalue weighted by Gasteiger charge is 2.14. The Hall–Kier alpha value is -2.40. The van der Waals surface area contributed by atoms with E-state index in [1.807, 2.05) is 0 Å². The molecule has 0 saturated heterocycles. The third kappa shape index (κ3) is 2.87. The van der Waals surface area contributed by atoms with Gasteiger partial charge in [0.15, 0.2) is 0 Å². The van der Waals surface area contributed by atoms with E-state index in [1.54, 1.807) is 17.5 Å². The van der Waals surface area contributed by atoms with Gasteiger partial charge in [0, 0.05) is 16.5 Å². The van der Waals surface area contributed by atoms with Crippen molar-refractivity contribution in [3.05, 3.63) is 76.8 Å². The van der Waals surface area contributed by atoms with Crippen molar-refractivity contribution in [2.75, 3.05) is 0 Å². The van der Waals surface area contributed by atoms with Crippen molar-refractivity contribution in [2.24, 2.45) is 0 Å². The van der Waals surface area contributed by atoms with Crippen molar-refractivity contribution in [3.63, 3.8) is 0 Å². The van der Waals surface area contributed by atoms with E-state index in [4.69, 9.17) is 0 Å². The number of hydrogen-bond donors (Lipinski definition) is 0. The number of benzene rings is 2. The standard InChI is InChI=1S/C16H9F2NOS/c17-12-5-1-10(2-6-12)15(20)14-9-21-16(19-14)11-3-7-13(18)8-4-11/h1-9H. The molecule has 0 saturated carbocycles. The van der Waals surface area contributed by atoms with Crippen LogP contribution in [-0.4, -0.2) is 10.8 Å². The molecule has 0 radical (unpaired) electrons. The molecule has 0 atom stereocenters. The van der Waals surface area contributed by atoms with Crippen molar-refractivity contribution in [1.29, 1.82) is 0 Å². The van der Waals surface area contributed by atoms with Gasteiger partial charge in [-0.05, 0) is 48.5 Å². The molecule has 1 aromatic heterocycles. The first-order chi connectivity index (χ1) is 10.1. The molecule has 0 amide bonds. The monoisotopic (exact) mass is 301 g/mol. The Morgan fingerprint density at radius 2 is 1.48 bits per heavy atom. The fourth-order valence-electron chi connectivity index (χ4n) is 1.85. The van der Waals surface area contributed by atoms with E-state index in [1.165, 1.54) is 47.7 Å². The summed E-state index contributed by atoms with van der Waals surface area (Å²) in [6.07, 6.45) is 0. The highest BCUT2D eigenvalue weighted by atomic mass is 32.1. The van der Waals surface area contributed by atoms with E-state index in [-0.39, 0.29) is 11.6 Å². The van der Waals surface area contributed by atoms with Gasteiger partial charge in [0.1, 0.15) is 22.3 Å². The minimum atomic E-state index is -0.392. The predicted octanol–water partition coefficient (Wildman–Crippen LogP) is 4.32. The minimum absolute atomic E-state index is 0.264. The lowest BCUT2D eigenvalue weighted by Gasteiger charge is -1.97. The van der Waals surface area contributed by atoms with Crippen LogP contribution in [0.2, 0.25) is 0 Å². The first-order valence-electron chi connectivity index (χ1n) is 6.15. The predicted molar refractivity (Wildman–Crippen MR) is 77.3 cm³/mol. The summed E-state index contributed by atoms with van der Waals surface area (Å²) in [6, 6.07) is 11.2. The smallest absolute Gasteiger partial charge is 0.212 e. The molecule has 0 aliphatic heterocycles. The molecule has 2 aromatic carbocycles. The van der Waals surface area contributed by atoms with Crippen LogP contribution in [-0.2, 0) is 0 Å². The van der Waals surface area contributed by atoms with Crippen LogP contribution >= 0.6 is 11.3 Å². The van der Waals surface area contributed by atoms with E-state index in [0.29, 0.717) is 16.3 Å². The summed E-state index contributed by atoms with van der Waals surface area (Å²) in [6.45, 7) is 0. The second-order valence-corrected chi connectivity index (χ2v) is 5.24. The van der Waals surface area contributed by atoms with Gasteiger partial charge in [-0.1, -0.05) is 0 Å². The van der Waals surface area contributed by atoms with Gasteiger partial charge >= 0.3 is 0 Å². The number of hydrogen-bond acceptors (Lipinski definition) is 3. The summed E-state index contributed by atoms with van der Waals surface area (Å²) >= 11 is 1.31. The molecule has 0 bridgehead atoms. The number of ketones is 1. The molecule has 0 fully saturated rings. The number of thiazole rings is 1. The average Bonchev–Trinajstić information content (AvgIpc) is 2.98. The lowest BCUT2D eigenvalue weighted by Crippen LogP contribution is -2.01. The number of rotatable bonds is 3. The summed E-state index contributed by atoms with van der Waals surface area (Å²) in [5, 5.41) is 2.28. The first-order valence-corrected chi connectivity index (χ1v) is 7.03. The van der Waals surface area contributed by atoms with Crippen LogP contribution in [0.15, 0.2) is 53.9 Å². The summed E-state index contributed by atoms with van der Waals surface area (Å²) < 4.78 is 25.7. The molecule has 2 nitrogen and oxygen atoms in total. The van der Waals surface area contributed by atoms with Gasteiger partial charge in [0.2, 0.25) is 5.78 Å². The molecule has 21 heavy (non-hydrogen) atoms. The van der Waals surface area contributed by atoms with Crippen molar-refractivity contribution < 1.29 is 13.6 Å². The van der Waals surface area contributed by atoms with Crippen LogP contribution in [0.4, 0.5) is 8.78 Å². The van der Waals surface area contributed by atoms with Crippen LogP contribution in [0.1, 0.15) is 16.1 Å². The van der Waals surface area contributed by atoms with Crippen LogP contribution in [0.25, 0.3) is 10.6 Å². The third-order valence-electron chi connectivity index (χ3n) is 2.93. The number of aromatic nitrogens is 1. The van der Waals surface area contributed by atoms with Crippen molar-refractivity contribution in [1.82, 2.24) is 4.98 Å². The molecule has 0 aliphatic carbocycles. The van der Waals surface area contributed by atoms with E-state index in [2.05, 4.69) is 4.98 Å². The van der Waals surface area contributed by atoms with Gasteiger partial charge in [0.25, 0.3) is 0 Å². The third-order valence-corrected chi connectivity index (χ3v) is 3.83. The Morgan fingerprint density at radius 3 is 2.10 bits per heavy atom. The van der Waals surface area contributed by atoms with Gasteiger partial charge in [-0.3, -0.25) is 4.79 Å². The SMILES string of the molecule is O=C(c1ccc(F)cc1)c1csc(-c2ccc(F)cc2)n1. The van der Waals surface area contributed by atoms with Gasteiger partial charge in [-0.2, -0.15) is 0 Å². The van der Waals surface area contributed by atoms with Crippen LogP contribution in [0.3, 0.4) is 0 Å². The zero-order valence-electron chi connectivity index (χ0n) is 10.7. The molecular weight excluding hydrogens is 292 g/mol. The second kappa shape index (κ2) is 5.54. The van der Waals surface area contributed by atoms with Crippen LogP contribution < -0.4 is 0 Å². The average molecular weight is 301 g/mol. The van der Waals surface area contributed by atoms with Crippen molar-refractivity contribution in [2.45, 2.75) is 0 Å². The number of halogens is 2. The van der Waals surface area contributed by atoms with Gasteiger partial charge in [-0.25, -0.2) is 13.8 Å². The molecule has 0 aliphatic rings. The van der Waals surface area contributed by atoms with E-state index in [0.717, 1.165) is 5.56 Å². The summed E-state index contributed by atoms with van der Waals surface area (Å²) in [7, 11) is 0. The Labute approximate surface area is 123 Å². The fraction of sp³-hybridized carbons (Fsp3) is 0. The lowest BCUT2D eigenvalue weighted by molar-refractivity contribution is 0.103. The molecule has 3 aromatic rings. The number of carbonyl (C=O) groups excluding carboxylic acids is 1. The second-order valence-electron chi connectivity index (χ2n) is 4.38. The Morgan fingerprint density at radius 1 is 0.905 bits per heavy atom. The zero-order valence-corrected chi connectivity index (χ0v) is 11.5. The molecule has 5 heteroatoms. The maximum atomic E-state index is 12.9. The normalized spacial score (nSPS) is 10.6. The van der Waals surface area contributed by atoms with E-state index in [9.17, 15) is 13.6 Å². The van der Waals surface area contributed by atoms with Crippen LogP contribution in [0.5, 0.6) is 0 Å². The quantitative estimate of drug-likeness (QED) is 0.674. The van der Waals surface area contributed by atoms with Gasteiger partial charge < -0.3 is 0 Å². The topological polar surface area (TPSA) is 30.0 Å². The first kappa shape index (κ1) is 13.6. The van der Waals surface area contributed by atoms with Gasteiger partial charge in [-0.15, -0.1) is 11.3 Å². The number of nitrogens with zero attached hydrogens (tertiary/aromatic N) is 1. The molecule has 0 spiro atoms. The van der Waals surface area contributed by atoms with Gasteiger partial charge in [0.05, 0.1) is 0 Å². The molecule has 0 N–H and O–H groups in total. The lowest BCUT2D eigenvalue weighted by atomic mass is 10.1. The van der Waals surface area contributed by atoms with E-state index < -0.39 is 5.82 Å². The minimum Gasteiger partial charge on any atom is -0.287 e. The molecule has 1 heterocycles. The summed E-state index contributed by atoms with van der Waals surface area (Å²) in [5.74, 6) is -0.977. The Balaban J connectivity index is 1.89. The van der Waals surface area contributed by atoms with Crippen molar-refractivity contribution in [3.8, 4) is 10.6 Å².